The monoisotopic (exact) mass is 430 g/mol. The first-order valence-electron chi connectivity index (χ1n) is 8.33. The van der Waals surface area contributed by atoms with Crippen LogP contribution in [0.4, 0.5) is 8.78 Å². The lowest BCUT2D eigenvalue weighted by Crippen LogP contribution is -2.38. The number of hydrogen-bond donors (Lipinski definition) is 1. The minimum Gasteiger partial charge on any atom is -0.468 e. The van der Waals surface area contributed by atoms with Crippen LogP contribution in [0.15, 0.2) is 0 Å². The maximum atomic E-state index is 12.6. The van der Waals surface area contributed by atoms with Gasteiger partial charge >= 0.3 is 11.9 Å². The zero-order valence-corrected chi connectivity index (χ0v) is 16.5. The molecule has 0 radical (unpaired) electrons. The van der Waals surface area contributed by atoms with Crippen LogP contribution in [-0.2, 0) is 19.1 Å². The molecule has 6 nitrogen and oxygen atoms in total. The molecule has 0 unspecified atom stereocenters. The van der Waals surface area contributed by atoms with E-state index < -0.39 is 12.3 Å². The molecule has 25 heavy (non-hydrogen) atoms. The van der Waals surface area contributed by atoms with Crippen LogP contribution in [0.3, 0.4) is 0 Å². The fraction of sp³-hybridized carbons (Fsp3) is 0.875. The van der Waals surface area contributed by atoms with Crippen LogP contribution in [0.1, 0.15) is 25.7 Å². The van der Waals surface area contributed by atoms with Gasteiger partial charge in [-0.15, -0.1) is 0 Å². The molecule has 0 saturated carbocycles. The summed E-state index contributed by atoms with van der Waals surface area (Å²) in [6.45, 7) is 3.35. The number of hydrogen-bond acceptors (Lipinski definition) is 6. The van der Waals surface area contributed by atoms with Gasteiger partial charge in [-0.2, -0.15) is 0 Å². The first kappa shape index (κ1) is 24.2. The smallest absolute Gasteiger partial charge is 0.319 e. The first-order chi connectivity index (χ1) is 11.9. The van der Waals surface area contributed by atoms with E-state index in [1.165, 1.54) is 14.2 Å². The molecular weight excluding hydrogens is 402 g/mol. The Bertz CT molecular complexity index is 358. The number of rotatable bonds is 3. The van der Waals surface area contributed by atoms with Crippen molar-refractivity contribution in [2.75, 3.05) is 52.3 Å². The maximum absolute atomic E-state index is 12.6. The van der Waals surface area contributed by atoms with E-state index in [1.54, 1.807) is 0 Å². The average Bonchev–Trinajstić information content (AvgIpc) is 2.64. The number of esters is 2. The van der Waals surface area contributed by atoms with Crippen LogP contribution in [-0.4, -0.2) is 81.5 Å². The van der Waals surface area contributed by atoms with Crippen molar-refractivity contribution < 1.29 is 27.8 Å². The molecule has 148 valence electrons. The molecule has 0 aromatic carbocycles. The largest absolute Gasteiger partial charge is 0.468 e. The van der Waals surface area contributed by atoms with Crippen molar-refractivity contribution in [1.82, 2.24) is 10.2 Å². The lowest BCUT2D eigenvalue weighted by molar-refractivity contribution is -0.142. The first-order valence-corrected chi connectivity index (χ1v) is 9.45. The number of carbonyl (C=O) groups excluding carboxylic acids is 2. The van der Waals surface area contributed by atoms with Crippen molar-refractivity contribution in [3.63, 3.8) is 0 Å². The third kappa shape index (κ3) is 14.1. The van der Waals surface area contributed by atoms with Crippen molar-refractivity contribution in [3.8, 4) is 0 Å². The van der Waals surface area contributed by atoms with Gasteiger partial charge in [0.05, 0.1) is 20.8 Å². The van der Waals surface area contributed by atoms with E-state index in [1.807, 2.05) is 4.90 Å². The highest BCUT2D eigenvalue weighted by molar-refractivity contribution is 9.09. The Morgan fingerprint density at radius 1 is 1.00 bits per heavy atom. The van der Waals surface area contributed by atoms with Gasteiger partial charge in [0.15, 0.2) is 0 Å². The van der Waals surface area contributed by atoms with E-state index >= 15 is 0 Å². The highest BCUT2D eigenvalue weighted by Gasteiger charge is 2.19. The van der Waals surface area contributed by atoms with Crippen LogP contribution in [0, 0.1) is 0 Å². The molecule has 0 amide bonds. The number of piperidine rings is 2. The second-order valence-electron chi connectivity index (χ2n) is 5.66. The molecule has 0 spiro atoms. The predicted molar refractivity (Wildman–Crippen MR) is 95.4 cm³/mol. The van der Waals surface area contributed by atoms with Crippen LogP contribution in [0.2, 0.25) is 0 Å². The summed E-state index contributed by atoms with van der Waals surface area (Å²) in [6.07, 6.45) is 1.29. The van der Waals surface area contributed by atoms with E-state index in [2.05, 4.69) is 30.7 Å². The van der Waals surface area contributed by atoms with Crippen molar-refractivity contribution in [1.29, 1.82) is 0 Å². The van der Waals surface area contributed by atoms with E-state index in [9.17, 15) is 18.4 Å². The Hall–Kier alpha value is -0.800. The number of methoxy groups -OCH3 is 2. The van der Waals surface area contributed by atoms with Crippen LogP contribution < -0.4 is 5.32 Å². The quantitative estimate of drug-likeness (QED) is 0.544. The minimum absolute atomic E-state index is 0.241. The van der Waals surface area contributed by atoms with Crippen molar-refractivity contribution in [3.05, 3.63) is 0 Å². The summed E-state index contributed by atoms with van der Waals surface area (Å²) in [4.78, 5) is 22.6. The molecule has 2 aliphatic rings. The fourth-order valence-electron chi connectivity index (χ4n) is 2.15. The third-order valence-electron chi connectivity index (χ3n) is 3.70. The van der Waals surface area contributed by atoms with Gasteiger partial charge in [0, 0.05) is 13.1 Å². The summed E-state index contributed by atoms with van der Waals surface area (Å²) in [7, 11) is 2.72. The molecule has 2 heterocycles. The molecule has 9 heteroatoms. The van der Waals surface area contributed by atoms with Gasteiger partial charge in [-0.1, -0.05) is 15.9 Å². The molecule has 2 aliphatic heterocycles. The summed E-state index contributed by atoms with van der Waals surface area (Å²) in [6, 6.07) is 0. The van der Waals surface area contributed by atoms with Gasteiger partial charge < -0.3 is 14.8 Å². The highest BCUT2D eigenvalue weighted by Crippen LogP contribution is 2.12. The van der Waals surface area contributed by atoms with E-state index in [0.717, 1.165) is 13.1 Å². The normalized spacial score (nSPS) is 18.9. The molecule has 2 rings (SSSR count). The summed E-state index contributed by atoms with van der Waals surface area (Å²) in [5.74, 6) is -0.484. The number of halogens is 3. The Balaban J connectivity index is 0.000000378. The van der Waals surface area contributed by atoms with Gasteiger partial charge in [0.1, 0.15) is 17.7 Å². The van der Waals surface area contributed by atoms with Crippen LogP contribution >= 0.6 is 15.9 Å². The third-order valence-corrected chi connectivity index (χ3v) is 4.16. The Labute approximate surface area is 156 Å². The zero-order chi connectivity index (χ0) is 19.1. The molecule has 0 atom stereocenters. The molecular formula is C16H29BrF2N2O4. The van der Waals surface area contributed by atoms with E-state index in [-0.39, 0.29) is 17.3 Å². The molecule has 2 saturated heterocycles. The Morgan fingerprint density at radius 2 is 1.48 bits per heavy atom. The number of carbonyl (C=O) groups is 2. The molecule has 1 N–H and O–H groups in total. The van der Waals surface area contributed by atoms with Crippen LogP contribution in [0.5, 0.6) is 0 Å². The molecule has 0 aromatic heterocycles. The van der Waals surface area contributed by atoms with Gasteiger partial charge in [-0.05, 0) is 38.8 Å². The van der Waals surface area contributed by atoms with Gasteiger partial charge in [0.25, 0.3) is 0 Å². The minimum atomic E-state index is -0.682. The predicted octanol–water partition coefficient (Wildman–Crippen LogP) is 1.86. The number of alkyl halides is 3. The Morgan fingerprint density at radius 3 is 1.80 bits per heavy atom. The molecule has 0 aromatic rings. The number of nitrogens with zero attached hydrogens (tertiary/aromatic N) is 1. The number of ether oxygens (including phenoxy) is 2. The summed E-state index contributed by atoms with van der Waals surface area (Å²) >= 11 is 2.90. The highest BCUT2D eigenvalue weighted by atomic mass is 79.9. The van der Waals surface area contributed by atoms with Crippen LogP contribution in [0.25, 0.3) is 0 Å². The molecule has 0 aliphatic carbocycles. The molecule has 0 bridgehead atoms. The summed E-state index contributed by atoms with van der Waals surface area (Å²) in [5, 5.41) is 3.36. The van der Waals surface area contributed by atoms with Crippen molar-refractivity contribution in [2.24, 2.45) is 0 Å². The number of likely N-dealkylation sites (tertiary alicyclic amines) is 1. The SMILES string of the molecule is COC(=O)CBr.COC(=O)CN1CCC(F)CC1.FC1CCNCC1. The standard InChI is InChI=1S/C8H14FNO2.C5H10FN.C3H5BrO2/c1-12-8(11)6-10-4-2-7(9)3-5-10;6-5-1-3-7-4-2-5;1-6-3(5)2-4/h7H,2-6H2,1H3;5,7H,1-4H2;2H2,1H3. The molecule has 2 fully saturated rings. The van der Waals surface area contributed by atoms with Crippen molar-refractivity contribution >= 4 is 27.9 Å². The summed E-state index contributed by atoms with van der Waals surface area (Å²) < 4.78 is 33.5. The maximum Gasteiger partial charge on any atom is 0.319 e. The van der Waals surface area contributed by atoms with E-state index in [4.69, 9.17) is 0 Å². The summed E-state index contributed by atoms with van der Waals surface area (Å²) in [5.41, 5.74) is 0. The van der Waals surface area contributed by atoms with Gasteiger partial charge in [0.2, 0.25) is 0 Å². The van der Waals surface area contributed by atoms with Crippen molar-refractivity contribution in [2.45, 2.75) is 38.0 Å². The second-order valence-corrected chi connectivity index (χ2v) is 6.22. The topological polar surface area (TPSA) is 67.9 Å². The van der Waals surface area contributed by atoms with Gasteiger partial charge in [-0.25, -0.2) is 8.78 Å². The second kappa shape index (κ2) is 15.5. The lowest BCUT2D eigenvalue weighted by atomic mass is 10.1. The Kier molecular flexibility index (Phi) is 15.0. The van der Waals surface area contributed by atoms with Gasteiger partial charge in [-0.3, -0.25) is 14.5 Å². The fourth-order valence-corrected chi connectivity index (χ4v) is 2.38. The lowest BCUT2D eigenvalue weighted by Gasteiger charge is -2.27. The number of nitrogens with one attached hydrogen (secondary N) is 1. The van der Waals surface area contributed by atoms with E-state index in [0.29, 0.717) is 45.3 Å². The average molecular weight is 431 g/mol. The zero-order valence-electron chi connectivity index (χ0n) is 14.9.